The Balaban J connectivity index is 1.19. The molecule has 3 aromatic rings. The number of urea groups is 1. The number of carbonyl (C=O) groups is 3. The van der Waals surface area contributed by atoms with E-state index in [-0.39, 0.29) is 16.7 Å². The van der Waals surface area contributed by atoms with Crippen molar-refractivity contribution < 1.29 is 24.0 Å². The van der Waals surface area contributed by atoms with Crippen LogP contribution in [-0.2, 0) is 15.0 Å². The van der Waals surface area contributed by atoms with Gasteiger partial charge < -0.3 is 9.30 Å². The van der Waals surface area contributed by atoms with E-state index in [1.54, 1.807) is 6.07 Å². The number of amides is 4. The number of hydrogen-bond donors (Lipinski definition) is 1. The Morgan fingerprint density at radius 2 is 1.59 bits per heavy atom. The SMILES string of the molecule is COc1cc([N+](=O)[O-])ccc1-n1c(C)cc(/C=C2\C(=O)NC(=O)N(c3ccc(C45CC6CC(CC(C6)C4)C5)cc3)C2=O)c1C. The van der Waals surface area contributed by atoms with Gasteiger partial charge in [-0.25, -0.2) is 9.69 Å². The number of nitrogens with zero attached hydrogens (tertiary/aromatic N) is 3. The summed E-state index contributed by atoms with van der Waals surface area (Å²) in [5.74, 6) is 1.26. The van der Waals surface area contributed by atoms with Crippen molar-refractivity contribution in [2.24, 2.45) is 17.8 Å². The van der Waals surface area contributed by atoms with Gasteiger partial charge in [-0.3, -0.25) is 25.0 Å². The molecule has 4 amide bonds. The summed E-state index contributed by atoms with van der Waals surface area (Å²) in [6, 6.07) is 13.2. The first-order valence-electron chi connectivity index (χ1n) is 15.1. The van der Waals surface area contributed by atoms with Crippen LogP contribution in [-0.4, -0.2) is 34.4 Å². The number of non-ortho nitro benzene ring substituents is 1. The second-order valence-corrected chi connectivity index (χ2v) is 13.0. The maximum Gasteiger partial charge on any atom is 0.335 e. The van der Waals surface area contributed by atoms with Gasteiger partial charge >= 0.3 is 6.03 Å². The summed E-state index contributed by atoms with van der Waals surface area (Å²) < 4.78 is 7.28. The Kier molecular flexibility index (Phi) is 6.49. The van der Waals surface area contributed by atoms with E-state index in [9.17, 15) is 24.5 Å². The summed E-state index contributed by atoms with van der Waals surface area (Å²) in [5, 5.41) is 13.6. The largest absolute Gasteiger partial charge is 0.494 e. The molecule has 10 heteroatoms. The van der Waals surface area contributed by atoms with Gasteiger partial charge in [0.2, 0.25) is 0 Å². The Morgan fingerprint density at radius 1 is 0.955 bits per heavy atom. The Bertz CT molecular complexity index is 1730. The van der Waals surface area contributed by atoms with Crippen LogP contribution in [0.1, 0.15) is 61.0 Å². The second kappa shape index (κ2) is 10.2. The Morgan fingerprint density at radius 3 is 2.18 bits per heavy atom. The van der Waals surface area contributed by atoms with Crippen LogP contribution < -0.4 is 15.0 Å². The Labute approximate surface area is 254 Å². The molecule has 4 bridgehead atoms. The molecule has 10 nitrogen and oxygen atoms in total. The number of ether oxygens (including phenoxy) is 1. The van der Waals surface area contributed by atoms with Gasteiger partial charge in [-0.1, -0.05) is 12.1 Å². The zero-order chi connectivity index (χ0) is 30.9. The zero-order valence-corrected chi connectivity index (χ0v) is 25.0. The normalized spacial score (nSPS) is 26.8. The first kappa shape index (κ1) is 28.1. The van der Waals surface area contributed by atoms with Crippen LogP contribution in [0.2, 0.25) is 0 Å². The number of nitro benzene ring substituents is 1. The number of imide groups is 2. The summed E-state index contributed by atoms with van der Waals surface area (Å²) in [4.78, 5) is 51.4. The van der Waals surface area contributed by atoms with E-state index < -0.39 is 22.8 Å². The van der Waals surface area contributed by atoms with Crippen molar-refractivity contribution >= 4 is 35.3 Å². The molecule has 0 spiro atoms. The van der Waals surface area contributed by atoms with E-state index >= 15 is 0 Å². The smallest absolute Gasteiger partial charge is 0.335 e. The highest BCUT2D eigenvalue weighted by Crippen LogP contribution is 2.60. The van der Waals surface area contributed by atoms with Crippen LogP contribution >= 0.6 is 0 Å². The minimum Gasteiger partial charge on any atom is -0.494 e. The molecule has 0 atom stereocenters. The molecule has 0 unspecified atom stereocenters. The molecule has 4 saturated carbocycles. The van der Waals surface area contributed by atoms with Gasteiger partial charge in [-0.15, -0.1) is 0 Å². The fourth-order valence-corrected chi connectivity index (χ4v) is 8.74. The third kappa shape index (κ3) is 4.42. The van der Waals surface area contributed by atoms with Gasteiger partial charge in [-0.2, -0.15) is 0 Å². The molecular formula is C34H34N4O6. The molecule has 1 aromatic heterocycles. The second-order valence-electron chi connectivity index (χ2n) is 13.0. The standard InChI is InChI=1S/C34H34N4O6/c1-19-10-24(20(2)36(19)29-9-8-27(38(42)43)15-30(29)44-3)14-28-31(39)35-33(41)37(32(28)40)26-6-4-25(5-7-26)34-16-21-11-22(17-34)13-23(12-21)18-34/h4-10,14-15,21-23H,11-13,16-18H2,1-3H3,(H,35,39,41)/b28-14+. The molecule has 5 fully saturated rings. The van der Waals surface area contributed by atoms with Crippen LogP contribution in [0.4, 0.5) is 16.2 Å². The number of anilines is 1. The van der Waals surface area contributed by atoms with E-state index in [0.717, 1.165) is 28.3 Å². The molecule has 1 aliphatic heterocycles. The minimum atomic E-state index is -0.777. The number of aryl methyl sites for hydroxylation is 1. The van der Waals surface area contributed by atoms with Crippen molar-refractivity contribution in [1.82, 2.24) is 9.88 Å². The number of rotatable bonds is 6. The predicted octanol–water partition coefficient (Wildman–Crippen LogP) is 6.15. The van der Waals surface area contributed by atoms with E-state index in [2.05, 4.69) is 17.4 Å². The minimum absolute atomic E-state index is 0.101. The van der Waals surface area contributed by atoms with Gasteiger partial charge in [0.1, 0.15) is 11.3 Å². The summed E-state index contributed by atoms with van der Waals surface area (Å²) in [5.41, 5.74) is 4.25. The van der Waals surface area contributed by atoms with Crippen LogP contribution in [0.5, 0.6) is 5.75 Å². The van der Waals surface area contributed by atoms with Crippen molar-refractivity contribution in [2.45, 2.75) is 57.8 Å². The van der Waals surface area contributed by atoms with Crippen LogP contribution in [0, 0.1) is 41.7 Å². The van der Waals surface area contributed by atoms with Gasteiger partial charge in [0.15, 0.2) is 0 Å². The monoisotopic (exact) mass is 594 g/mol. The highest BCUT2D eigenvalue weighted by molar-refractivity contribution is 6.39. The zero-order valence-electron chi connectivity index (χ0n) is 25.0. The number of nitro groups is 1. The summed E-state index contributed by atoms with van der Waals surface area (Å²) in [6.45, 7) is 3.66. The van der Waals surface area contributed by atoms with E-state index in [0.29, 0.717) is 28.4 Å². The van der Waals surface area contributed by atoms with Crippen molar-refractivity contribution in [3.8, 4) is 11.4 Å². The van der Waals surface area contributed by atoms with Crippen molar-refractivity contribution in [1.29, 1.82) is 0 Å². The highest BCUT2D eigenvalue weighted by atomic mass is 16.6. The number of benzene rings is 2. The first-order chi connectivity index (χ1) is 21.1. The third-order valence-corrected chi connectivity index (χ3v) is 10.3. The fourth-order valence-electron chi connectivity index (χ4n) is 8.74. The van der Waals surface area contributed by atoms with Crippen LogP contribution in [0.3, 0.4) is 0 Å². The molecular weight excluding hydrogens is 560 g/mol. The molecule has 2 aromatic carbocycles. The maximum absolute atomic E-state index is 13.7. The van der Waals surface area contributed by atoms with Gasteiger partial charge in [0, 0.05) is 17.5 Å². The van der Waals surface area contributed by atoms with Crippen LogP contribution in [0.25, 0.3) is 11.8 Å². The number of hydrogen-bond acceptors (Lipinski definition) is 6. The summed E-state index contributed by atoms with van der Waals surface area (Å²) in [6.07, 6.45) is 9.19. The first-order valence-corrected chi connectivity index (χ1v) is 15.1. The lowest BCUT2D eigenvalue weighted by Gasteiger charge is -2.57. The average Bonchev–Trinajstić information content (AvgIpc) is 3.26. The van der Waals surface area contributed by atoms with Crippen LogP contribution in [0.15, 0.2) is 54.1 Å². The number of carbonyl (C=O) groups excluding carboxylic acids is 3. The quantitative estimate of drug-likeness (QED) is 0.158. The topological polar surface area (TPSA) is 124 Å². The van der Waals surface area contributed by atoms with Gasteiger partial charge in [-0.05, 0) is 117 Å². The van der Waals surface area contributed by atoms with Crippen molar-refractivity contribution in [2.75, 3.05) is 12.0 Å². The number of aromatic nitrogens is 1. The van der Waals surface area contributed by atoms with Crippen molar-refractivity contribution in [3.63, 3.8) is 0 Å². The van der Waals surface area contributed by atoms with Gasteiger partial charge in [0.05, 0.1) is 29.5 Å². The molecule has 5 aliphatic rings. The van der Waals surface area contributed by atoms with Gasteiger partial charge in [0.25, 0.3) is 17.5 Å². The average molecular weight is 595 g/mol. The lowest BCUT2D eigenvalue weighted by Crippen LogP contribution is -2.54. The molecule has 0 radical (unpaired) electrons. The van der Waals surface area contributed by atoms with Crippen molar-refractivity contribution in [3.05, 3.63) is 86.7 Å². The summed E-state index contributed by atoms with van der Waals surface area (Å²) in [7, 11) is 1.44. The summed E-state index contributed by atoms with van der Waals surface area (Å²) >= 11 is 0. The molecule has 8 rings (SSSR count). The number of nitrogens with one attached hydrogen (secondary N) is 1. The lowest BCUT2D eigenvalue weighted by molar-refractivity contribution is -0.384. The molecule has 2 heterocycles. The number of methoxy groups -OCH3 is 1. The fraction of sp³-hybridized carbons (Fsp3) is 0.382. The predicted molar refractivity (Wildman–Crippen MR) is 164 cm³/mol. The van der Waals surface area contributed by atoms with E-state index in [4.69, 9.17) is 4.74 Å². The highest BCUT2D eigenvalue weighted by Gasteiger charge is 2.51. The molecule has 1 saturated heterocycles. The molecule has 226 valence electrons. The maximum atomic E-state index is 13.7. The van der Waals surface area contributed by atoms with E-state index in [1.165, 1.54) is 69.4 Å². The molecule has 4 aliphatic carbocycles. The molecule has 1 N–H and O–H groups in total. The number of barbiturate groups is 1. The van der Waals surface area contributed by atoms with E-state index in [1.807, 2.05) is 36.6 Å². The third-order valence-electron chi connectivity index (χ3n) is 10.3. The Hall–Kier alpha value is -4.73. The lowest BCUT2D eigenvalue weighted by atomic mass is 9.48. The molecule has 44 heavy (non-hydrogen) atoms.